The molecule has 0 unspecified atom stereocenters. The third-order valence-electron chi connectivity index (χ3n) is 13.0. The molecule has 1 N–H and O–H groups in total. The maximum absolute atomic E-state index is 14.6. The van der Waals surface area contributed by atoms with Crippen LogP contribution in [0, 0.1) is 35.5 Å². The number of fused-ring (bicyclic) bond motifs is 5. The maximum atomic E-state index is 14.6. The first-order chi connectivity index (χ1) is 24.6. The van der Waals surface area contributed by atoms with Gasteiger partial charge in [0.15, 0.2) is 18.4 Å². The molecule has 11 nitrogen and oxygen atoms in total. The molecule has 0 amide bonds. The topological polar surface area (TPSA) is 120 Å². The summed E-state index contributed by atoms with van der Waals surface area (Å²) in [7, 11) is 6.93. The van der Waals surface area contributed by atoms with Crippen molar-refractivity contribution in [1.82, 2.24) is 5.32 Å². The van der Waals surface area contributed by atoms with Gasteiger partial charge in [0.25, 0.3) is 0 Å². The Hall–Kier alpha value is -1.70. The van der Waals surface area contributed by atoms with Gasteiger partial charge in [-0.15, -0.1) is 0 Å². The number of likely N-dealkylation sites (N-methyl/N-ethyl adjacent to an activating group) is 1. The fourth-order valence-corrected chi connectivity index (χ4v) is 10.1. The van der Waals surface area contributed by atoms with E-state index in [4.69, 9.17) is 37.9 Å². The molecule has 0 aromatic rings. The molecule has 0 aromatic carbocycles. The van der Waals surface area contributed by atoms with E-state index >= 15 is 0 Å². The van der Waals surface area contributed by atoms with Gasteiger partial charge in [0, 0.05) is 40.6 Å². The molecule has 290 valence electrons. The third kappa shape index (κ3) is 8.21. The molecule has 0 radical (unpaired) electrons. The van der Waals surface area contributed by atoms with Crippen LogP contribution in [0.15, 0.2) is 23.8 Å². The number of nitrogens with one attached hydrogen (secondary N) is 1. The molecule has 3 aliphatic heterocycles. The van der Waals surface area contributed by atoms with Crippen LogP contribution in [0.1, 0.15) is 86.9 Å². The van der Waals surface area contributed by atoms with Crippen LogP contribution in [0.2, 0.25) is 0 Å². The standard InChI is InChI=1S/C40H63NO10.H2/c1-9-25-11-10-12-33(51-35-16-15-32(41-5)22(3)47-35)21(2)36(43)31-19-29-27(30(31)20-34(42)49-25)14-13-24-17-26(18-28(24)29)50-40-39(46-8)38(45-7)37(44-6)23(4)48-40;/h13-14,19,21-30,32-33,35,37-41H,9-12,15-18,20H2,1-8H3;1H/t21-,22-,23+,24-,25+,26-,27-,28-,29-,30+,32+,33+,35+,37+,38-,39-,40+;/m1./s1. The first-order valence-corrected chi connectivity index (χ1v) is 19.6. The highest BCUT2D eigenvalue weighted by Gasteiger charge is 2.52. The molecule has 3 heterocycles. The minimum Gasteiger partial charge on any atom is -0.462 e. The lowest BCUT2D eigenvalue weighted by Crippen LogP contribution is -2.59. The molecule has 3 aliphatic carbocycles. The Labute approximate surface area is 306 Å². The minimum atomic E-state index is -0.593. The fourth-order valence-electron chi connectivity index (χ4n) is 10.1. The monoisotopic (exact) mass is 719 g/mol. The van der Waals surface area contributed by atoms with Crippen LogP contribution in [0.5, 0.6) is 0 Å². The van der Waals surface area contributed by atoms with E-state index in [1.807, 2.05) is 20.9 Å². The summed E-state index contributed by atoms with van der Waals surface area (Å²) in [6.45, 7) is 8.12. The smallest absolute Gasteiger partial charge is 0.306 e. The summed E-state index contributed by atoms with van der Waals surface area (Å²) in [6, 6.07) is 0.288. The Morgan fingerprint density at radius 1 is 0.863 bits per heavy atom. The molecular weight excluding hydrogens is 654 g/mol. The van der Waals surface area contributed by atoms with Crippen molar-refractivity contribution < 1.29 is 48.9 Å². The SMILES string of the molecule is CC[C@H]1CCC[C@H](O[C@H]2CC[C@H](NC)[C@@H](C)O2)[C@@H](C)C(=O)C2=C[C@@H]3[C@@H](C=C[C@@H]4C[C@@H](O[C@@H]5O[C@@H](C)[C@H](OC)[C@@H](OC)[C@H]5OC)C[C@@H]34)[C@@H]2CC(=O)O1.[HH]. The average Bonchev–Trinajstić information content (AvgIpc) is 3.70. The Kier molecular flexibility index (Phi) is 13.1. The Morgan fingerprint density at radius 2 is 1.63 bits per heavy atom. The molecule has 0 bridgehead atoms. The number of hydrogen-bond donors (Lipinski definition) is 1. The fraction of sp³-hybridized carbons (Fsp3) is 0.850. The number of rotatable bonds is 9. The van der Waals surface area contributed by atoms with E-state index in [0.29, 0.717) is 12.3 Å². The van der Waals surface area contributed by atoms with E-state index in [1.165, 1.54) is 0 Å². The highest BCUT2D eigenvalue weighted by Crippen LogP contribution is 2.54. The van der Waals surface area contributed by atoms with Crippen molar-refractivity contribution in [1.29, 1.82) is 0 Å². The number of Topliss-reactive ketones (excluding diaryl/α,β-unsaturated/α-hetero) is 1. The number of ether oxygens (including phenoxy) is 8. The predicted octanol–water partition coefficient (Wildman–Crippen LogP) is 5.39. The highest BCUT2D eigenvalue weighted by atomic mass is 16.7. The quantitative estimate of drug-likeness (QED) is 0.244. The van der Waals surface area contributed by atoms with Crippen LogP contribution < -0.4 is 5.32 Å². The second-order valence-electron chi connectivity index (χ2n) is 15.9. The van der Waals surface area contributed by atoms with Gasteiger partial charge in [-0.3, -0.25) is 9.59 Å². The zero-order chi connectivity index (χ0) is 36.4. The van der Waals surface area contributed by atoms with E-state index in [0.717, 1.165) is 50.5 Å². The number of methoxy groups -OCH3 is 3. The van der Waals surface area contributed by atoms with Gasteiger partial charge in [-0.1, -0.05) is 32.1 Å². The molecule has 17 atom stereocenters. The molecule has 11 heteroatoms. The Balaban J connectivity index is 0.00000523. The van der Waals surface area contributed by atoms with E-state index in [-0.39, 0.29) is 104 Å². The van der Waals surface area contributed by atoms with Gasteiger partial charge in [0.2, 0.25) is 0 Å². The largest absolute Gasteiger partial charge is 0.462 e. The van der Waals surface area contributed by atoms with Crippen molar-refractivity contribution in [3.8, 4) is 0 Å². The van der Waals surface area contributed by atoms with Crippen molar-refractivity contribution in [3.63, 3.8) is 0 Å². The van der Waals surface area contributed by atoms with Crippen LogP contribution in [0.3, 0.4) is 0 Å². The van der Waals surface area contributed by atoms with Crippen molar-refractivity contribution in [3.05, 3.63) is 23.8 Å². The average molecular weight is 720 g/mol. The summed E-state index contributed by atoms with van der Waals surface area (Å²) in [6.07, 6.45) is 10.8. The summed E-state index contributed by atoms with van der Waals surface area (Å²) in [5, 5.41) is 3.34. The number of carbonyl (C=O) groups is 2. The van der Waals surface area contributed by atoms with E-state index in [9.17, 15) is 9.59 Å². The van der Waals surface area contributed by atoms with E-state index in [2.05, 4.69) is 37.4 Å². The van der Waals surface area contributed by atoms with Gasteiger partial charge in [0.05, 0.1) is 30.8 Å². The van der Waals surface area contributed by atoms with Crippen LogP contribution in [-0.4, -0.2) is 108 Å². The van der Waals surface area contributed by atoms with Gasteiger partial charge < -0.3 is 43.2 Å². The summed E-state index contributed by atoms with van der Waals surface area (Å²) < 4.78 is 49.4. The lowest BCUT2D eigenvalue weighted by Gasteiger charge is -2.44. The molecule has 0 spiro atoms. The number of ketones is 1. The van der Waals surface area contributed by atoms with Crippen molar-refractivity contribution in [2.24, 2.45) is 35.5 Å². The van der Waals surface area contributed by atoms with Crippen LogP contribution in [0.4, 0.5) is 0 Å². The van der Waals surface area contributed by atoms with Crippen molar-refractivity contribution in [2.45, 2.75) is 153 Å². The number of allylic oxidation sites excluding steroid dienone is 4. The van der Waals surface area contributed by atoms with Crippen LogP contribution >= 0.6 is 0 Å². The molecular formula is C40H65NO10. The summed E-state index contributed by atoms with van der Waals surface area (Å²) in [4.78, 5) is 28.1. The number of esters is 1. The molecule has 51 heavy (non-hydrogen) atoms. The summed E-state index contributed by atoms with van der Waals surface area (Å²) >= 11 is 0. The second kappa shape index (κ2) is 17.2. The Bertz CT molecular complexity index is 1260. The summed E-state index contributed by atoms with van der Waals surface area (Å²) in [5.41, 5.74) is 0.761. The van der Waals surface area contributed by atoms with Crippen molar-refractivity contribution in [2.75, 3.05) is 28.4 Å². The first kappa shape index (κ1) is 39.0. The van der Waals surface area contributed by atoms with Crippen LogP contribution in [-0.2, 0) is 47.5 Å². The maximum Gasteiger partial charge on any atom is 0.306 e. The number of carbonyl (C=O) groups excluding carboxylic acids is 2. The molecule has 6 rings (SSSR count). The van der Waals surface area contributed by atoms with Gasteiger partial charge >= 0.3 is 5.97 Å². The number of cyclic esters (lactones) is 1. The molecule has 0 aromatic heterocycles. The van der Waals surface area contributed by atoms with Gasteiger partial charge in [-0.2, -0.15) is 0 Å². The van der Waals surface area contributed by atoms with Gasteiger partial charge in [-0.05, 0) is 102 Å². The van der Waals surface area contributed by atoms with Crippen LogP contribution in [0.25, 0.3) is 0 Å². The third-order valence-corrected chi connectivity index (χ3v) is 13.0. The lowest BCUT2D eigenvalue weighted by molar-refractivity contribution is -0.314. The molecule has 3 saturated heterocycles. The summed E-state index contributed by atoms with van der Waals surface area (Å²) in [5.74, 6) is 0.0185. The normalized spacial score (nSPS) is 46.3. The van der Waals surface area contributed by atoms with E-state index < -0.39 is 12.4 Å². The zero-order valence-electron chi connectivity index (χ0n) is 32.0. The van der Waals surface area contributed by atoms with Gasteiger partial charge in [0.1, 0.15) is 24.4 Å². The lowest BCUT2D eigenvalue weighted by atomic mass is 9.70. The van der Waals surface area contributed by atoms with E-state index in [1.54, 1.807) is 21.3 Å². The predicted molar refractivity (Wildman–Crippen MR) is 192 cm³/mol. The molecule has 4 fully saturated rings. The minimum absolute atomic E-state index is 0. The first-order valence-electron chi connectivity index (χ1n) is 19.6. The van der Waals surface area contributed by atoms with Gasteiger partial charge in [-0.25, -0.2) is 0 Å². The highest BCUT2D eigenvalue weighted by molar-refractivity contribution is 5.99. The zero-order valence-corrected chi connectivity index (χ0v) is 32.0. The van der Waals surface area contributed by atoms with Crippen molar-refractivity contribution >= 4 is 11.8 Å². The Morgan fingerprint density at radius 3 is 2.31 bits per heavy atom. The molecule has 1 saturated carbocycles. The number of hydrogen-bond acceptors (Lipinski definition) is 11. The second-order valence-corrected chi connectivity index (χ2v) is 15.9. The molecule has 6 aliphatic rings.